The summed E-state index contributed by atoms with van der Waals surface area (Å²) in [5, 5.41) is 10.0. The molecule has 9 heteroatoms. The Morgan fingerprint density at radius 2 is 1.91 bits per heavy atom. The highest BCUT2D eigenvalue weighted by Crippen LogP contribution is 2.19. The third-order valence-corrected chi connectivity index (χ3v) is 4.48. The number of ether oxygens (including phenoxy) is 1. The highest BCUT2D eigenvalue weighted by molar-refractivity contribution is 5.84. The van der Waals surface area contributed by atoms with Crippen LogP contribution < -0.4 is 16.2 Å². The number of carbonyl (C=O) groups is 1. The van der Waals surface area contributed by atoms with E-state index < -0.39 is 17.7 Å². The van der Waals surface area contributed by atoms with Crippen molar-refractivity contribution >= 4 is 11.8 Å². The normalized spacial score (nSPS) is 10.9. The fraction of sp³-hybridized carbons (Fsp3) is 0.261. The molecule has 32 heavy (non-hydrogen) atoms. The van der Waals surface area contributed by atoms with Crippen LogP contribution in [0.3, 0.4) is 0 Å². The summed E-state index contributed by atoms with van der Waals surface area (Å²) in [5.74, 6) is -1.95. The van der Waals surface area contributed by atoms with Crippen molar-refractivity contribution < 1.29 is 18.3 Å². The van der Waals surface area contributed by atoms with Crippen LogP contribution in [-0.4, -0.2) is 35.1 Å². The van der Waals surface area contributed by atoms with Gasteiger partial charge < -0.3 is 10.1 Å². The van der Waals surface area contributed by atoms with Crippen LogP contribution in [0.1, 0.15) is 19.4 Å². The summed E-state index contributed by atoms with van der Waals surface area (Å²) >= 11 is 0. The highest BCUT2D eigenvalue weighted by Gasteiger charge is 2.09. The summed E-state index contributed by atoms with van der Waals surface area (Å²) in [6.07, 6.45) is -0.580. The minimum absolute atomic E-state index is 0.124. The summed E-state index contributed by atoms with van der Waals surface area (Å²) in [5.41, 5.74) is 1.54. The van der Waals surface area contributed by atoms with E-state index in [9.17, 15) is 18.4 Å². The zero-order valence-corrected chi connectivity index (χ0v) is 17.8. The number of rotatable bonds is 8. The standard InChI is InChI=1S/C23H24F2N4O3/c1-15(2)26-10-11-32-23(31)27-18-5-3-4-16(12-18)14-29-22(30)9-8-21(28-29)17-6-7-19(24)20(25)13-17/h3-9,12-13,15,26H,10-11,14H2,1-2H3,(H,27,31). The van der Waals surface area contributed by atoms with Crippen LogP contribution in [0.25, 0.3) is 11.3 Å². The van der Waals surface area contributed by atoms with Gasteiger partial charge in [-0.1, -0.05) is 26.0 Å². The summed E-state index contributed by atoms with van der Waals surface area (Å²) in [4.78, 5) is 24.2. The molecule has 0 saturated heterocycles. The second-order valence-corrected chi connectivity index (χ2v) is 7.41. The molecular formula is C23H24F2N4O3. The van der Waals surface area contributed by atoms with E-state index in [-0.39, 0.29) is 18.7 Å². The zero-order valence-electron chi connectivity index (χ0n) is 17.8. The lowest BCUT2D eigenvalue weighted by Crippen LogP contribution is -2.28. The fourth-order valence-electron chi connectivity index (χ4n) is 2.94. The molecular weight excluding hydrogens is 418 g/mol. The summed E-state index contributed by atoms with van der Waals surface area (Å²) in [6.45, 7) is 4.91. The third-order valence-electron chi connectivity index (χ3n) is 4.48. The number of carbonyl (C=O) groups excluding carboxylic acids is 1. The molecule has 1 amide bonds. The molecule has 0 saturated carbocycles. The second kappa shape index (κ2) is 10.6. The average molecular weight is 442 g/mol. The predicted octanol–water partition coefficient (Wildman–Crippen LogP) is 3.78. The van der Waals surface area contributed by atoms with E-state index in [0.717, 1.165) is 12.1 Å². The lowest BCUT2D eigenvalue weighted by Gasteiger charge is -2.11. The van der Waals surface area contributed by atoms with Crippen molar-refractivity contribution in [3.63, 3.8) is 0 Å². The topological polar surface area (TPSA) is 85.2 Å². The molecule has 0 aliphatic carbocycles. The van der Waals surface area contributed by atoms with E-state index in [1.54, 1.807) is 24.3 Å². The Bertz CT molecular complexity index is 1150. The van der Waals surface area contributed by atoms with Gasteiger partial charge in [0.05, 0.1) is 12.2 Å². The number of anilines is 1. The quantitative estimate of drug-likeness (QED) is 0.519. The Morgan fingerprint density at radius 3 is 2.66 bits per heavy atom. The zero-order chi connectivity index (χ0) is 23.1. The maximum absolute atomic E-state index is 13.6. The van der Waals surface area contributed by atoms with Crippen molar-refractivity contribution in [1.29, 1.82) is 0 Å². The van der Waals surface area contributed by atoms with Crippen LogP contribution in [0.2, 0.25) is 0 Å². The van der Waals surface area contributed by atoms with Gasteiger partial charge >= 0.3 is 6.09 Å². The Kier molecular flexibility index (Phi) is 7.67. The van der Waals surface area contributed by atoms with E-state index in [1.165, 1.54) is 22.9 Å². The smallest absolute Gasteiger partial charge is 0.411 e. The van der Waals surface area contributed by atoms with Gasteiger partial charge in [0.1, 0.15) is 6.61 Å². The monoisotopic (exact) mass is 442 g/mol. The SMILES string of the molecule is CC(C)NCCOC(=O)Nc1cccc(Cn2nc(-c3ccc(F)c(F)c3)ccc2=O)c1. The molecule has 168 valence electrons. The minimum atomic E-state index is -0.993. The second-order valence-electron chi connectivity index (χ2n) is 7.41. The van der Waals surface area contributed by atoms with Crippen molar-refractivity contribution in [1.82, 2.24) is 15.1 Å². The van der Waals surface area contributed by atoms with Crippen LogP contribution in [-0.2, 0) is 11.3 Å². The Hall–Kier alpha value is -3.59. The Labute approximate surface area is 184 Å². The van der Waals surface area contributed by atoms with Crippen molar-refractivity contribution in [2.45, 2.75) is 26.4 Å². The number of halogens is 2. The molecule has 0 radical (unpaired) electrons. The molecule has 0 fully saturated rings. The maximum Gasteiger partial charge on any atom is 0.411 e. The van der Waals surface area contributed by atoms with E-state index >= 15 is 0 Å². The summed E-state index contributed by atoms with van der Waals surface area (Å²) in [6, 6.07) is 13.4. The lowest BCUT2D eigenvalue weighted by molar-refractivity contribution is 0.161. The maximum atomic E-state index is 13.6. The molecule has 0 unspecified atom stereocenters. The third kappa shape index (κ3) is 6.45. The first-order valence-corrected chi connectivity index (χ1v) is 10.1. The van der Waals surface area contributed by atoms with Crippen molar-refractivity contribution in [2.24, 2.45) is 0 Å². The molecule has 1 heterocycles. The van der Waals surface area contributed by atoms with E-state index in [2.05, 4.69) is 15.7 Å². The van der Waals surface area contributed by atoms with Gasteiger partial charge in [-0.2, -0.15) is 5.10 Å². The first-order valence-electron chi connectivity index (χ1n) is 10.1. The molecule has 2 N–H and O–H groups in total. The number of hydrogen-bond donors (Lipinski definition) is 2. The molecule has 3 rings (SSSR count). The van der Waals surface area contributed by atoms with Gasteiger partial charge in [-0.05, 0) is 42.0 Å². The van der Waals surface area contributed by atoms with Gasteiger partial charge in [0.15, 0.2) is 11.6 Å². The van der Waals surface area contributed by atoms with Crippen molar-refractivity contribution in [3.05, 3.63) is 82.1 Å². The Morgan fingerprint density at radius 1 is 1.09 bits per heavy atom. The van der Waals surface area contributed by atoms with Crippen molar-refractivity contribution in [2.75, 3.05) is 18.5 Å². The van der Waals surface area contributed by atoms with E-state index in [1.807, 2.05) is 13.8 Å². The van der Waals surface area contributed by atoms with Gasteiger partial charge in [-0.25, -0.2) is 18.3 Å². The number of benzene rings is 2. The van der Waals surface area contributed by atoms with Crippen LogP contribution >= 0.6 is 0 Å². The summed E-state index contributed by atoms with van der Waals surface area (Å²) in [7, 11) is 0. The first kappa shape index (κ1) is 23.1. The van der Waals surface area contributed by atoms with Gasteiger partial charge in [0, 0.05) is 29.9 Å². The summed E-state index contributed by atoms with van der Waals surface area (Å²) < 4.78 is 33.1. The van der Waals surface area contributed by atoms with Crippen LogP contribution in [0, 0.1) is 11.6 Å². The molecule has 0 aliphatic rings. The van der Waals surface area contributed by atoms with E-state index in [0.29, 0.717) is 35.1 Å². The Balaban J connectivity index is 1.69. The van der Waals surface area contributed by atoms with Gasteiger partial charge in [-0.15, -0.1) is 0 Å². The predicted molar refractivity (Wildman–Crippen MR) is 118 cm³/mol. The number of aromatic nitrogens is 2. The largest absolute Gasteiger partial charge is 0.448 e. The van der Waals surface area contributed by atoms with Crippen molar-refractivity contribution in [3.8, 4) is 11.3 Å². The van der Waals surface area contributed by atoms with Gasteiger partial charge in [0.2, 0.25) is 0 Å². The van der Waals surface area contributed by atoms with Crippen LogP contribution in [0.4, 0.5) is 19.3 Å². The number of nitrogens with one attached hydrogen (secondary N) is 2. The first-order chi connectivity index (χ1) is 15.3. The number of hydrogen-bond acceptors (Lipinski definition) is 5. The highest BCUT2D eigenvalue weighted by atomic mass is 19.2. The fourth-order valence-corrected chi connectivity index (χ4v) is 2.94. The molecule has 0 aliphatic heterocycles. The average Bonchev–Trinajstić information content (AvgIpc) is 2.75. The minimum Gasteiger partial charge on any atom is -0.448 e. The molecule has 0 atom stereocenters. The van der Waals surface area contributed by atoms with E-state index in [4.69, 9.17) is 4.74 Å². The van der Waals surface area contributed by atoms with Gasteiger partial charge in [-0.3, -0.25) is 10.1 Å². The number of nitrogens with zero attached hydrogens (tertiary/aromatic N) is 2. The van der Waals surface area contributed by atoms with Gasteiger partial charge in [0.25, 0.3) is 5.56 Å². The lowest BCUT2D eigenvalue weighted by atomic mass is 10.1. The molecule has 7 nitrogen and oxygen atoms in total. The van der Waals surface area contributed by atoms with Crippen LogP contribution in [0.15, 0.2) is 59.4 Å². The molecule has 2 aromatic carbocycles. The molecule has 0 bridgehead atoms. The number of amides is 1. The molecule has 1 aromatic heterocycles. The molecule has 0 spiro atoms. The van der Waals surface area contributed by atoms with Crippen LogP contribution in [0.5, 0.6) is 0 Å². The molecule has 3 aromatic rings.